The molecule has 0 bridgehead atoms. The van der Waals surface area contributed by atoms with Gasteiger partial charge in [0, 0.05) is 35.7 Å². The Labute approximate surface area is 179 Å². The Bertz CT molecular complexity index is 931. The van der Waals surface area contributed by atoms with Crippen molar-refractivity contribution in [3.63, 3.8) is 0 Å². The van der Waals surface area contributed by atoms with E-state index in [0.29, 0.717) is 34.4 Å². The Morgan fingerprint density at radius 1 is 1.03 bits per heavy atom. The van der Waals surface area contributed by atoms with Crippen LogP contribution in [0, 0.1) is 12.7 Å². The quantitative estimate of drug-likeness (QED) is 0.465. The summed E-state index contributed by atoms with van der Waals surface area (Å²) in [5, 5.41) is 5.84. The third-order valence-corrected chi connectivity index (χ3v) is 5.96. The highest BCUT2D eigenvalue weighted by atomic mass is 35.5. The van der Waals surface area contributed by atoms with Gasteiger partial charge < -0.3 is 19.5 Å². The van der Waals surface area contributed by atoms with Crippen LogP contribution in [-0.2, 0) is 19.7 Å². The van der Waals surface area contributed by atoms with Gasteiger partial charge in [0.2, 0.25) is 0 Å². The predicted molar refractivity (Wildman–Crippen MR) is 115 cm³/mol. The van der Waals surface area contributed by atoms with E-state index in [1.54, 1.807) is 49.8 Å². The molecule has 7 heteroatoms. The monoisotopic (exact) mass is 435 g/mol. The molecule has 2 aromatic carbocycles. The molecule has 0 aliphatic carbocycles. The van der Waals surface area contributed by atoms with Crippen molar-refractivity contribution in [3.05, 3.63) is 74.2 Å². The first-order valence-electron chi connectivity index (χ1n) is 9.07. The van der Waals surface area contributed by atoms with Crippen molar-refractivity contribution in [2.75, 3.05) is 14.2 Å². The summed E-state index contributed by atoms with van der Waals surface area (Å²) < 4.78 is 30.8. The van der Waals surface area contributed by atoms with Crippen molar-refractivity contribution in [1.82, 2.24) is 5.32 Å². The smallest absolute Gasteiger partial charge is 0.131 e. The highest BCUT2D eigenvalue weighted by Gasteiger charge is 2.15. The summed E-state index contributed by atoms with van der Waals surface area (Å²) in [4.78, 5) is 1.30. The van der Waals surface area contributed by atoms with Crippen LogP contribution in [0.2, 0.25) is 5.02 Å². The lowest BCUT2D eigenvalue weighted by molar-refractivity contribution is 0.294. The molecule has 3 aromatic rings. The first-order valence-corrected chi connectivity index (χ1v) is 10.3. The fourth-order valence-corrected chi connectivity index (χ4v) is 4.02. The zero-order chi connectivity index (χ0) is 20.8. The Morgan fingerprint density at radius 2 is 1.76 bits per heavy atom. The molecule has 29 heavy (non-hydrogen) atoms. The van der Waals surface area contributed by atoms with Gasteiger partial charge in [0.25, 0.3) is 0 Å². The van der Waals surface area contributed by atoms with Crippen LogP contribution in [0.15, 0.2) is 41.8 Å². The molecule has 0 saturated carbocycles. The maximum absolute atomic E-state index is 14.0. The Balaban J connectivity index is 1.74. The fraction of sp³-hybridized carbons (Fsp3) is 0.273. The van der Waals surface area contributed by atoms with Gasteiger partial charge in [-0.3, -0.25) is 0 Å². The van der Waals surface area contributed by atoms with E-state index < -0.39 is 5.82 Å². The molecular weight excluding hydrogens is 413 g/mol. The van der Waals surface area contributed by atoms with Gasteiger partial charge in [-0.1, -0.05) is 17.7 Å². The number of hydrogen-bond donors (Lipinski definition) is 1. The van der Waals surface area contributed by atoms with E-state index in [4.69, 9.17) is 25.8 Å². The number of nitrogens with one attached hydrogen (secondary N) is 1. The SMILES string of the molecule is COc1cc(OCc2c(F)cccc2Cl)cc(OC)c1CNCc1sccc1C. The first-order chi connectivity index (χ1) is 14.0. The van der Waals surface area contributed by atoms with Gasteiger partial charge in [-0.05, 0) is 36.1 Å². The van der Waals surface area contributed by atoms with Crippen LogP contribution in [0.3, 0.4) is 0 Å². The van der Waals surface area contributed by atoms with Crippen LogP contribution in [0.25, 0.3) is 0 Å². The number of halogens is 2. The minimum absolute atomic E-state index is 0.00701. The number of ether oxygens (including phenoxy) is 3. The van der Waals surface area contributed by atoms with Crippen molar-refractivity contribution < 1.29 is 18.6 Å². The van der Waals surface area contributed by atoms with Crippen molar-refractivity contribution in [1.29, 1.82) is 0 Å². The van der Waals surface area contributed by atoms with Gasteiger partial charge in [0.1, 0.15) is 29.7 Å². The number of rotatable bonds is 9. The minimum atomic E-state index is -0.402. The van der Waals surface area contributed by atoms with Crippen molar-refractivity contribution in [3.8, 4) is 17.2 Å². The number of hydrogen-bond acceptors (Lipinski definition) is 5. The second kappa shape index (κ2) is 9.96. The van der Waals surface area contributed by atoms with Crippen LogP contribution in [0.4, 0.5) is 4.39 Å². The van der Waals surface area contributed by atoms with Crippen LogP contribution in [0.1, 0.15) is 21.6 Å². The summed E-state index contributed by atoms with van der Waals surface area (Å²) >= 11 is 7.80. The molecule has 0 aliphatic rings. The molecule has 0 saturated heterocycles. The fourth-order valence-electron chi connectivity index (χ4n) is 2.93. The molecule has 154 valence electrons. The van der Waals surface area contributed by atoms with Gasteiger partial charge in [0.05, 0.1) is 24.8 Å². The van der Waals surface area contributed by atoms with E-state index in [9.17, 15) is 4.39 Å². The molecule has 0 unspecified atom stereocenters. The average molecular weight is 436 g/mol. The molecule has 0 spiro atoms. The average Bonchev–Trinajstić information content (AvgIpc) is 3.12. The zero-order valence-electron chi connectivity index (χ0n) is 16.6. The summed E-state index contributed by atoms with van der Waals surface area (Å²) in [5.74, 6) is 1.38. The maximum atomic E-state index is 14.0. The van der Waals surface area contributed by atoms with Crippen LogP contribution < -0.4 is 19.5 Å². The van der Waals surface area contributed by atoms with Gasteiger partial charge in [-0.25, -0.2) is 4.39 Å². The normalized spacial score (nSPS) is 10.8. The highest BCUT2D eigenvalue weighted by Crippen LogP contribution is 2.35. The largest absolute Gasteiger partial charge is 0.496 e. The summed E-state index contributed by atoms with van der Waals surface area (Å²) in [6.45, 7) is 3.44. The van der Waals surface area contributed by atoms with Crippen LogP contribution >= 0.6 is 22.9 Å². The third-order valence-electron chi connectivity index (χ3n) is 4.58. The topological polar surface area (TPSA) is 39.7 Å². The molecule has 4 nitrogen and oxygen atoms in total. The summed E-state index contributed by atoms with van der Waals surface area (Å²) in [5.41, 5.74) is 2.47. The lowest BCUT2D eigenvalue weighted by atomic mass is 10.1. The Morgan fingerprint density at radius 3 is 2.34 bits per heavy atom. The minimum Gasteiger partial charge on any atom is -0.496 e. The molecule has 0 aliphatic heterocycles. The number of methoxy groups -OCH3 is 2. The second-order valence-electron chi connectivity index (χ2n) is 6.43. The van der Waals surface area contributed by atoms with Crippen molar-refractivity contribution in [2.45, 2.75) is 26.6 Å². The van der Waals surface area contributed by atoms with E-state index in [2.05, 4.69) is 23.7 Å². The molecule has 3 rings (SSSR count). The highest BCUT2D eigenvalue weighted by molar-refractivity contribution is 7.10. The van der Waals surface area contributed by atoms with E-state index in [-0.39, 0.29) is 6.61 Å². The molecule has 0 fully saturated rings. The van der Waals surface area contributed by atoms with E-state index in [1.165, 1.54) is 16.5 Å². The van der Waals surface area contributed by atoms with Gasteiger partial charge in [-0.2, -0.15) is 0 Å². The van der Waals surface area contributed by atoms with E-state index >= 15 is 0 Å². The Hall–Kier alpha value is -2.28. The zero-order valence-corrected chi connectivity index (χ0v) is 18.1. The molecular formula is C22H23ClFNO3S. The third kappa shape index (κ3) is 5.21. The first kappa shape index (κ1) is 21.4. The van der Waals surface area contributed by atoms with Crippen molar-refractivity contribution in [2.24, 2.45) is 0 Å². The number of aryl methyl sites for hydroxylation is 1. The standard InChI is InChI=1S/C22H23ClFNO3S/c1-14-7-8-29-22(14)12-25-11-16-20(26-2)9-15(10-21(16)27-3)28-13-17-18(23)5-4-6-19(17)24/h4-10,25H,11-13H2,1-3H3. The van der Waals surface area contributed by atoms with Crippen LogP contribution in [0.5, 0.6) is 17.2 Å². The molecule has 1 aromatic heterocycles. The summed E-state index contributed by atoms with van der Waals surface area (Å²) in [6, 6.07) is 10.2. The molecule has 0 atom stereocenters. The van der Waals surface area contributed by atoms with Gasteiger partial charge in [0.15, 0.2) is 0 Å². The predicted octanol–water partition coefficient (Wildman–Crippen LogP) is 5.74. The molecule has 1 N–H and O–H groups in total. The van der Waals surface area contributed by atoms with Gasteiger partial charge in [-0.15, -0.1) is 11.3 Å². The van der Waals surface area contributed by atoms with Crippen molar-refractivity contribution >= 4 is 22.9 Å². The van der Waals surface area contributed by atoms with E-state index in [0.717, 1.165) is 12.1 Å². The summed E-state index contributed by atoms with van der Waals surface area (Å²) in [6.07, 6.45) is 0. The van der Waals surface area contributed by atoms with Crippen LogP contribution in [-0.4, -0.2) is 14.2 Å². The maximum Gasteiger partial charge on any atom is 0.131 e. The summed E-state index contributed by atoms with van der Waals surface area (Å²) in [7, 11) is 3.19. The number of thiophene rings is 1. The molecule has 0 amide bonds. The lowest BCUT2D eigenvalue weighted by Gasteiger charge is -2.17. The number of benzene rings is 2. The molecule has 0 radical (unpaired) electrons. The lowest BCUT2D eigenvalue weighted by Crippen LogP contribution is -2.14. The van der Waals surface area contributed by atoms with E-state index in [1.807, 2.05) is 0 Å². The Kier molecular flexibility index (Phi) is 7.36. The van der Waals surface area contributed by atoms with Gasteiger partial charge >= 0.3 is 0 Å². The molecule has 1 heterocycles. The second-order valence-corrected chi connectivity index (χ2v) is 7.83.